The lowest BCUT2D eigenvalue weighted by molar-refractivity contribution is 1.05. The van der Waals surface area contributed by atoms with Crippen molar-refractivity contribution in [2.24, 2.45) is 0 Å². The Bertz CT molecular complexity index is 140. The minimum atomic E-state index is 0. The Balaban J connectivity index is 0.000000490. The van der Waals surface area contributed by atoms with Gasteiger partial charge in [0.2, 0.25) is 0 Å². The summed E-state index contributed by atoms with van der Waals surface area (Å²) in [6, 6.07) is 1.80. The molecule has 3 heteroatoms. The Labute approximate surface area is 50.6 Å². The van der Waals surface area contributed by atoms with E-state index < -0.39 is 0 Å². The molecule has 1 rings (SSSR count). The van der Waals surface area contributed by atoms with Crippen LogP contribution >= 0.6 is 0 Å². The summed E-state index contributed by atoms with van der Waals surface area (Å²) < 4.78 is 0. The van der Waals surface area contributed by atoms with Gasteiger partial charge in [-0.25, -0.2) is 9.97 Å². The maximum atomic E-state index is 3.87. The number of aryl methyl sites for hydroxylation is 1. The fourth-order valence-electron chi connectivity index (χ4n) is 0.374. The Morgan fingerprint density at radius 2 is 1.75 bits per heavy atom. The molecule has 0 saturated carbocycles. The summed E-state index contributed by atoms with van der Waals surface area (Å²) in [6.07, 6.45) is 3.45. The normalized spacial score (nSPS) is 7.62. The molecule has 0 fully saturated rings. The van der Waals surface area contributed by atoms with E-state index in [-0.39, 0.29) is 8.41 Å². The smallest absolute Gasteiger partial charge is 0.125 e. The number of hydrogen-bond donors (Lipinski definition) is 0. The van der Waals surface area contributed by atoms with Gasteiger partial charge in [-0.3, -0.25) is 0 Å². The lowest BCUT2D eigenvalue weighted by Crippen LogP contribution is -1.80. The molecule has 0 aliphatic rings. The highest BCUT2D eigenvalue weighted by atomic mass is 14.8. The monoisotopic (exact) mass is 108 g/mol. The van der Waals surface area contributed by atoms with E-state index in [0.717, 1.165) is 5.82 Å². The molecule has 8 heavy (non-hydrogen) atoms. The van der Waals surface area contributed by atoms with E-state index in [1.807, 2.05) is 6.92 Å². The van der Waals surface area contributed by atoms with E-state index in [1.54, 1.807) is 18.5 Å². The van der Waals surface area contributed by atoms with Crippen LogP contribution in [0.4, 0.5) is 0 Å². The lowest BCUT2D eigenvalue weighted by Gasteiger charge is -1.81. The predicted molar refractivity (Wildman–Crippen MR) is 36.7 cm³/mol. The number of hydrogen-bond acceptors (Lipinski definition) is 2. The van der Waals surface area contributed by atoms with Crippen molar-refractivity contribution in [1.29, 1.82) is 0 Å². The minimum absolute atomic E-state index is 0. The van der Waals surface area contributed by atoms with Gasteiger partial charge in [0.1, 0.15) is 5.82 Å². The average molecular weight is 108 g/mol. The third-order valence-corrected chi connectivity index (χ3v) is 0.695. The van der Waals surface area contributed by atoms with Crippen LogP contribution in [0, 0.1) is 6.92 Å². The van der Waals surface area contributed by atoms with E-state index in [1.165, 1.54) is 0 Å². The van der Waals surface area contributed by atoms with Crippen molar-refractivity contribution in [3.05, 3.63) is 24.3 Å². The summed E-state index contributed by atoms with van der Waals surface area (Å²) >= 11 is 0. The van der Waals surface area contributed by atoms with Crippen LogP contribution in [0.5, 0.6) is 0 Å². The summed E-state index contributed by atoms with van der Waals surface area (Å²) in [7, 11) is 0. The zero-order valence-corrected chi connectivity index (χ0v) is 4.13. The van der Waals surface area contributed by atoms with E-state index in [0.29, 0.717) is 0 Å². The van der Waals surface area contributed by atoms with Crippen LogP contribution in [-0.2, 0) is 0 Å². The number of rotatable bonds is 0. The van der Waals surface area contributed by atoms with E-state index >= 15 is 0 Å². The zero-order chi connectivity index (χ0) is 5.11. The van der Waals surface area contributed by atoms with Crippen molar-refractivity contribution in [2.75, 3.05) is 0 Å². The van der Waals surface area contributed by atoms with Gasteiger partial charge < -0.3 is 0 Å². The van der Waals surface area contributed by atoms with Gasteiger partial charge >= 0.3 is 0 Å². The van der Waals surface area contributed by atoms with Crippen molar-refractivity contribution in [1.82, 2.24) is 9.97 Å². The van der Waals surface area contributed by atoms with Crippen LogP contribution in [0.2, 0.25) is 0 Å². The molecule has 1 heterocycles. The molecule has 0 spiro atoms. The Hall–Kier alpha value is -0.855. The van der Waals surface area contributed by atoms with Crippen molar-refractivity contribution in [2.45, 2.75) is 6.92 Å². The van der Waals surface area contributed by atoms with Gasteiger partial charge in [-0.2, -0.15) is 0 Å². The maximum Gasteiger partial charge on any atom is 0.125 e. The van der Waals surface area contributed by atoms with Crippen LogP contribution in [0.15, 0.2) is 18.5 Å². The molecule has 0 amide bonds. The topological polar surface area (TPSA) is 25.8 Å². The van der Waals surface area contributed by atoms with Crippen LogP contribution < -0.4 is 0 Å². The minimum Gasteiger partial charge on any atom is -0.242 e. The zero-order valence-electron chi connectivity index (χ0n) is 4.13. The van der Waals surface area contributed by atoms with Gasteiger partial charge in [-0.05, 0) is 13.0 Å². The van der Waals surface area contributed by atoms with Gasteiger partial charge in [0, 0.05) is 12.4 Å². The molecular weight excluding hydrogens is 98.9 g/mol. The molecule has 0 aliphatic carbocycles. The Kier molecular flexibility index (Phi) is 2.85. The molecule has 2 nitrogen and oxygen atoms in total. The van der Waals surface area contributed by atoms with Crippen LogP contribution in [-0.4, -0.2) is 18.4 Å². The Morgan fingerprint density at radius 3 is 2.00 bits per heavy atom. The van der Waals surface area contributed by atoms with Crippen molar-refractivity contribution >= 4 is 8.41 Å². The molecule has 0 aliphatic heterocycles. The van der Waals surface area contributed by atoms with Crippen molar-refractivity contribution < 1.29 is 0 Å². The Morgan fingerprint density at radius 1 is 1.25 bits per heavy atom. The van der Waals surface area contributed by atoms with Crippen LogP contribution in [0.3, 0.4) is 0 Å². The molecule has 1 aromatic rings. The fraction of sp³-hybridized carbons (Fsp3) is 0.200. The summed E-state index contributed by atoms with van der Waals surface area (Å²) in [6.45, 7) is 1.86. The van der Waals surface area contributed by atoms with E-state index in [2.05, 4.69) is 9.97 Å². The first-order valence-electron chi connectivity index (χ1n) is 2.13. The number of nitrogens with zero attached hydrogens (tertiary/aromatic N) is 2. The quantitative estimate of drug-likeness (QED) is 0.422. The molecule has 0 radical (unpaired) electrons. The summed E-state index contributed by atoms with van der Waals surface area (Å²) in [5.74, 6) is 0.822. The van der Waals surface area contributed by atoms with Gasteiger partial charge in [0.25, 0.3) is 0 Å². The SMILES string of the molecule is B.Cc1ncccn1. The molecule has 0 N–H and O–H groups in total. The van der Waals surface area contributed by atoms with Crippen LogP contribution in [0.25, 0.3) is 0 Å². The molecular formula is C5H9BN2. The number of aromatic nitrogens is 2. The van der Waals surface area contributed by atoms with E-state index in [4.69, 9.17) is 0 Å². The molecule has 0 unspecified atom stereocenters. The standard InChI is InChI=1S/C5H6N2.BH3/c1-5-6-3-2-4-7-5;/h2-4H,1H3;1H3. The predicted octanol–water partition coefficient (Wildman–Crippen LogP) is -0.399. The second-order valence-corrected chi connectivity index (χ2v) is 1.30. The third kappa shape index (κ3) is 1.73. The fourth-order valence-corrected chi connectivity index (χ4v) is 0.374. The van der Waals surface area contributed by atoms with Crippen molar-refractivity contribution in [3.8, 4) is 0 Å². The van der Waals surface area contributed by atoms with Crippen molar-refractivity contribution in [3.63, 3.8) is 0 Å². The molecule has 0 atom stereocenters. The second-order valence-electron chi connectivity index (χ2n) is 1.30. The average Bonchev–Trinajstić information content (AvgIpc) is 1.69. The third-order valence-electron chi connectivity index (χ3n) is 0.695. The molecule has 0 bridgehead atoms. The van der Waals surface area contributed by atoms with E-state index in [9.17, 15) is 0 Å². The molecule has 42 valence electrons. The first-order valence-corrected chi connectivity index (χ1v) is 2.13. The van der Waals surface area contributed by atoms with Gasteiger partial charge in [0.15, 0.2) is 0 Å². The highest BCUT2D eigenvalue weighted by Crippen LogP contribution is 1.78. The highest BCUT2D eigenvalue weighted by Gasteiger charge is 1.74. The van der Waals surface area contributed by atoms with Gasteiger partial charge in [-0.1, -0.05) is 0 Å². The lowest BCUT2D eigenvalue weighted by atomic mass is 10.6. The molecule has 1 aromatic heterocycles. The highest BCUT2D eigenvalue weighted by molar-refractivity contribution is 5.75. The summed E-state index contributed by atoms with van der Waals surface area (Å²) in [4.78, 5) is 7.74. The van der Waals surface area contributed by atoms with Gasteiger partial charge in [0.05, 0.1) is 8.41 Å². The summed E-state index contributed by atoms with van der Waals surface area (Å²) in [5, 5.41) is 0. The largest absolute Gasteiger partial charge is 0.242 e. The maximum absolute atomic E-state index is 3.87. The molecule has 0 saturated heterocycles. The van der Waals surface area contributed by atoms with Gasteiger partial charge in [-0.15, -0.1) is 0 Å². The van der Waals surface area contributed by atoms with Crippen LogP contribution in [0.1, 0.15) is 5.82 Å². The summed E-state index contributed by atoms with van der Waals surface area (Å²) in [5.41, 5.74) is 0. The molecule has 0 aromatic carbocycles. The second kappa shape index (κ2) is 3.19. The first-order chi connectivity index (χ1) is 3.39. The first kappa shape index (κ1) is 7.14.